The summed E-state index contributed by atoms with van der Waals surface area (Å²) in [6.07, 6.45) is 4.59. The summed E-state index contributed by atoms with van der Waals surface area (Å²) in [7, 11) is 0. The largest absolute Gasteiger partial charge is 0.382 e. The van der Waals surface area contributed by atoms with Crippen molar-refractivity contribution in [3.63, 3.8) is 0 Å². The van der Waals surface area contributed by atoms with Crippen LogP contribution in [0.2, 0.25) is 0 Å². The van der Waals surface area contributed by atoms with Gasteiger partial charge in [0.25, 0.3) is 11.8 Å². The number of carbonyl (C=O) groups is 3. The maximum absolute atomic E-state index is 12.4. The molecule has 0 radical (unpaired) electrons. The summed E-state index contributed by atoms with van der Waals surface area (Å²) in [6.45, 7) is 1.73. The molecule has 2 aliphatic rings. The zero-order chi connectivity index (χ0) is 18.1. The lowest BCUT2D eigenvalue weighted by molar-refractivity contribution is -0.0588. The van der Waals surface area contributed by atoms with Crippen LogP contribution >= 0.6 is 0 Å². The number of fused-ring (bicyclic) bond motifs is 1. The van der Waals surface area contributed by atoms with Gasteiger partial charge in [-0.15, -0.1) is 0 Å². The molecule has 0 spiro atoms. The highest BCUT2D eigenvalue weighted by Gasteiger charge is 2.39. The number of anilines is 1. The fourth-order valence-corrected chi connectivity index (χ4v) is 3.13. The van der Waals surface area contributed by atoms with E-state index in [0.29, 0.717) is 10.9 Å². The van der Waals surface area contributed by atoms with E-state index >= 15 is 0 Å². The van der Waals surface area contributed by atoms with Crippen molar-refractivity contribution in [1.82, 2.24) is 15.0 Å². The Labute approximate surface area is 149 Å². The third-order valence-electron chi connectivity index (χ3n) is 4.47. The molecule has 2 aliphatic heterocycles. The molecule has 4 rings (SSSR count). The Balaban J connectivity index is 1.52. The van der Waals surface area contributed by atoms with Gasteiger partial charge in [0, 0.05) is 19.2 Å². The van der Waals surface area contributed by atoms with Gasteiger partial charge in [-0.2, -0.15) is 0 Å². The second kappa shape index (κ2) is 6.55. The van der Waals surface area contributed by atoms with Gasteiger partial charge in [-0.3, -0.25) is 9.59 Å². The number of benzene rings is 1. The second-order valence-corrected chi connectivity index (χ2v) is 6.14. The Hall–Kier alpha value is -3.29. The van der Waals surface area contributed by atoms with Crippen molar-refractivity contribution in [2.75, 3.05) is 18.0 Å². The van der Waals surface area contributed by atoms with Crippen LogP contribution in [0.1, 0.15) is 50.5 Å². The predicted molar refractivity (Wildman–Crippen MR) is 90.5 cm³/mol. The smallest absolute Gasteiger partial charge is 0.357 e. The summed E-state index contributed by atoms with van der Waals surface area (Å²) in [5, 5.41) is 0.482. The molecule has 0 unspecified atom stereocenters. The monoisotopic (exact) mass is 352 g/mol. The van der Waals surface area contributed by atoms with Gasteiger partial charge in [0.05, 0.1) is 11.1 Å². The molecule has 26 heavy (non-hydrogen) atoms. The average Bonchev–Trinajstić information content (AvgIpc) is 2.94. The fraction of sp³-hybridized carbons (Fsp3) is 0.278. The van der Waals surface area contributed by atoms with Crippen molar-refractivity contribution in [1.29, 1.82) is 0 Å². The number of hydrogen-bond donors (Lipinski definition) is 0. The molecule has 0 N–H and O–H groups in total. The molecule has 2 amide bonds. The Morgan fingerprint density at radius 2 is 1.62 bits per heavy atom. The minimum atomic E-state index is -0.875. The molecule has 0 saturated carbocycles. The Morgan fingerprint density at radius 3 is 2.27 bits per heavy atom. The highest BCUT2D eigenvalue weighted by molar-refractivity contribution is 6.21. The summed E-state index contributed by atoms with van der Waals surface area (Å²) in [5.74, 6) is -1.57. The lowest BCUT2D eigenvalue weighted by atomic mass is 10.1. The van der Waals surface area contributed by atoms with Gasteiger partial charge in [0.1, 0.15) is 12.1 Å². The molecule has 1 fully saturated rings. The van der Waals surface area contributed by atoms with E-state index in [-0.39, 0.29) is 16.8 Å². The molecule has 0 bridgehead atoms. The normalized spacial score (nSPS) is 16.6. The molecule has 0 aliphatic carbocycles. The van der Waals surface area contributed by atoms with E-state index in [4.69, 9.17) is 4.84 Å². The second-order valence-electron chi connectivity index (χ2n) is 6.14. The topological polar surface area (TPSA) is 92.7 Å². The molecule has 8 nitrogen and oxygen atoms in total. The van der Waals surface area contributed by atoms with Crippen molar-refractivity contribution in [3.05, 3.63) is 53.5 Å². The van der Waals surface area contributed by atoms with Crippen molar-refractivity contribution in [2.24, 2.45) is 0 Å². The SMILES string of the molecule is O=C(ON1C(=O)c2ccccc2C1=O)c1cc(N2CCCCC2)ncn1. The predicted octanol–water partition coefficient (Wildman–Crippen LogP) is 1.83. The van der Waals surface area contributed by atoms with E-state index in [1.54, 1.807) is 12.1 Å². The van der Waals surface area contributed by atoms with Crippen LogP contribution in [-0.4, -0.2) is 45.9 Å². The summed E-state index contributed by atoms with van der Waals surface area (Å²) in [4.78, 5) is 52.2. The average molecular weight is 352 g/mol. The lowest BCUT2D eigenvalue weighted by Gasteiger charge is -2.27. The first kappa shape index (κ1) is 16.2. The number of carbonyl (C=O) groups excluding carboxylic acids is 3. The van der Waals surface area contributed by atoms with Crippen LogP contribution in [0, 0.1) is 0 Å². The minimum absolute atomic E-state index is 0.00266. The molecule has 1 aromatic carbocycles. The fourth-order valence-electron chi connectivity index (χ4n) is 3.13. The van der Waals surface area contributed by atoms with E-state index in [2.05, 4.69) is 14.9 Å². The number of nitrogens with zero attached hydrogens (tertiary/aromatic N) is 4. The van der Waals surface area contributed by atoms with Gasteiger partial charge in [0.15, 0.2) is 5.69 Å². The molecule has 8 heteroatoms. The van der Waals surface area contributed by atoms with E-state index < -0.39 is 17.8 Å². The van der Waals surface area contributed by atoms with Crippen LogP contribution in [0.3, 0.4) is 0 Å². The van der Waals surface area contributed by atoms with Gasteiger partial charge < -0.3 is 9.74 Å². The van der Waals surface area contributed by atoms with E-state index in [9.17, 15) is 14.4 Å². The summed E-state index contributed by atoms with van der Waals surface area (Å²) < 4.78 is 0. The highest BCUT2D eigenvalue weighted by Crippen LogP contribution is 2.24. The molecule has 1 saturated heterocycles. The Morgan fingerprint density at radius 1 is 0.962 bits per heavy atom. The number of imide groups is 1. The molecular weight excluding hydrogens is 336 g/mol. The van der Waals surface area contributed by atoms with Crippen LogP contribution in [0.5, 0.6) is 0 Å². The highest BCUT2D eigenvalue weighted by atomic mass is 16.7. The van der Waals surface area contributed by atoms with E-state index in [1.165, 1.54) is 30.9 Å². The third-order valence-corrected chi connectivity index (χ3v) is 4.47. The molecule has 132 valence electrons. The van der Waals surface area contributed by atoms with Crippen LogP contribution in [-0.2, 0) is 4.84 Å². The first-order valence-electron chi connectivity index (χ1n) is 8.42. The summed E-state index contributed by atoms with van der Waals surface area (Å²) >= 11 is 0. The molecule has 0 atom stereocenters. The Bertz CT molecular complexity index is 857. The van der Waals surface area contributed by atoms with Crippen molar-refractivity contribution < 1.29 is 19.2 Å². The van der Waals surface area contributed by atoms with Crippen LogP contribution in [0.4, 0.5) is 5.82 Å². The third kappa shape index (κ3) is 2.79. The molecular formula is C18H16N4O4. The lowest BCUT2D eigenvalue weighted by Crippen LogP contribution is -2.33. The number of piperidine rings is 1. The molecule has 3 heterocycles. The van der Waals surface area contributed by atoms with Crippen molar-refractivity contribution in [2.45, 2.75) is 19.3 Å². The van der Waals surface area contributed by atoms with Crippen LogP contribution in [0.15, 0.2) is 36.7 Å². The zero-order valence-electron chi connectivity index (χ0n) is 13.9. The zero-order valence-corrected chi connectivity index (χ0v) is 13.9. The van der Waals surface area contributed by atoms with Gasteiger partial charge in [0.2, 0.25) is 0 Å². The van der Waals surface area contributed by atoms with Gasteiger partial charge in [-0.05, 0) is 31.4 Å². The van der Waals surface area contributed by atoms with Crippen LogP contribution < -0.4 is 4.90 Å². The maximum atomic E-state index is 12.4. The molecule has 2 aromatic rings. The quantitative estimate of drug-likeness (QED) is 0.778. The van der Waals surface area contributed by atoms with E-state index in [0.717, 1.165) is 25.9 Å². The number of hydrogen-bond acceptors (Lipinski definition) is 7. The standard InChI is InChI=1S/C18H16N4O4/c23-16-12-6-2-3-7-13(12)17(24)22(16)26-18(25)14-10-15(20-11-19-14)21-8-4-1-5-9-21/h2-3,6-7,10-11H,1,4-5,8-9H2. The first-order chi connectivity index (χ1) is 12.6. The first-order valence-corrected chi connectivity index (χ1v) is 8.42. The van der Waals surface area contributed by atoms with Crippen molar-refractivity contribution >= 4 is 23.6 Å². The summed E-state index contributed by atoms with van der Waals surface area (Å²) in [5.41, 5.74) is 0.418. The molecule has 1 aromatic heterocycles. The summed E-state index contributed by atoms with van der Waals surface area (Å²) in [6, 6.07) is 7.84. The number of aromatic nitrogens is 2. The van der Waals surface area contributed by atoms with Crippen molar-refractivity contribution in [3.8, 4) is 0 Å². The van der Waals surface area contributed by atoms with Crippen LogP contribution in [0.25, 0.3) is 0 Å². The number of amides is 2. The number of rotatable bonds is 3. The van der Waals surface area contributed by atoms with Gasteiger partial charge >= 0.3 is 5.97 Å². The van der Waals surface area contributed by atoms with Gasteiger partial charge in [-0.1, -0.05) is 17.2 Å². The number of hydroxylamine groups is 2. The van der Waals surface area contributed by atoms with E-state index in [1.807, 2.05) is 0 Å². The maximum Gasteiger partial charge on any atom is 0.382 e. The van der Waals surface area contributed by atoms with Gasteiger partial charge in [-0.25, -0.2) is 14.8 Å². The minimum Gasteiger partial charge on any atom is -0.357 e. The Kier molecular flexibility index (Phi) is 4.08.